The molecule has 1 aromatic carbocycles. The van der Waals surface area contributed by atoms with Crippen molar-refractivity contribution in [1.82, 2.24) is 4.31 Å². The zero-order chi connectivity index (χ0) is 16.4. The van der Waals surface area contributed by atoms with Gasteiger partial charge in [0, 0.05) is 13.1 Å². The largest absolute Gasteiger partial charge is 0.495 e. The van der Waals surface area contributed by atoms with Crippen molar-refractivity contribution in [3.63, 3.8) is 0 Å². The van der Waals surface area contributed by atoms with Crippen LogP contribution in [0.5, 0.6) is 5.75 Å². The van der Waals surface area contributed by atoms with Crippen molar-refractivity contribution in [3.8, 4) is 5.75 Å². The maximum atomic E-state index is 12.8. The van der Waals surface area contributed by atoms with Gasteiger partial charge in [0.05, 0.1) is 19.1 Å². The molecule has 7 nitrogen and oxygen atoms in total. The lowest BCUT2D eigenvalue weighted by Crippen LogP contribution is -2.35. The van der Waals surface area contributed by atoms with Crippen LogP contribution in [0.25, 0.3) is 0 Å². The number of benzene rings is 1. The molecule has 0 spiro atoms. The van der Waals surface area contributed by atoms with Crippen molar-refractivity contribution < 1.29 is 21.6 Å². The Hall–Kier alpha value is -1.32. The summed E-state index contributed by atoms with van der Waals surface area (Å²) in [6, 6.07) is 4.21. The van der Waals surface area contributed by atoms with Crippen LogP contribution in [0, 0.1) is 0 Å². The van der Waals surface area contributed by atoms with E-state index in [1.54, 1.807) is 0 Å². The second-order valence-electron chi connectivity index (χ2n) is 5.20. The lowest BCUT2D eigenvalue weighted by atomic mass is 10.2. The minimum atomic E-state index is -3.71. The molecule has 0 aromatic heterocycles. The van der Waals surface area contributed by atoms with Crippen LogP contribution in [-0.4, -0.2) is 47.6 Å². The summed E-state index contributed by atoms with van der Waals surface area (Å²) >= 11 is 0. The number of hydrogen-bond donors (Lipinski definition) is 1. The van der Waals surface area contributed by atoms with E-state index in [4.69, 9.17) is 4.74 Å². The van der Waals surface area contributed by atoms with Gasteiger partial charge in [-0.3, -0.25) is 4.72 Å². The molecule has 1 heterocycles. The zero-order valence-electron chi connectivity index (χ0n) is 12.6. The summed E-state index contributed by atoms with van der Waals surface area (Å²) in [7, 11) is -5.81. The molecule has 2 rings (SSSR count). The predicted octanol–water partition coefficient (Wildman–Crippen LogP) is 1.24. The van der Waals surface area contributed by atoms with Crippen molar-refractivity contribution in [2.24, 2.45) is 0 Å². The molecule has 1 aliphatic rings. The molecule has 0 saturated carbocycles. The fraction of sp³-hybridized carbons (Fsp3) is 0.538. The highest BCUT2D eigenvalue weighted by Gasteiger charge is 2.29. The van der Waals surface area contributed by atoms with Crippen molar-refractivity contribution in [2.75, 3.05) is 31.2 Å². The summed E-state index contributed by atoms with van der Waals surface area (Å²) in [5, 5.41) is 0. The van der Waals surface area contributed by atoms with E-state index >= 15 is 0 Å². The van der Waals surface area contributed by atoms with Crippen LogP contribution in [0.3, 0.4) is 0 Å². The molecule has 124 valence electrons. The van der Waals surface area contributed by atoms with Crippen LogP contribution >= 0.6 is 0 Å². The van der Waals surface area contributed by atoms with E-state index in [0.717, 1.165) is 25.5 Å². The van der Waals surface area contributed by atoms with Crippen LogP contribution in [0.15, 0.2) is 23.1 Å². The normalized spacial score (nSPS) is 17.2. The van der Waals surface area contributed by atoms with E-state index in [9.17, 15) is 16.8 Å². The number of nitrogens with zero attached hydrogens (tertiary/aromatic N) is 1. The molecular formula is C13H20N2O5S2. The van der Waals surface area contributed by atoms with E-state index in [0.29, 0.717) is 13.1 Å². The van der Waals surface area contributed by atoms with Crippen LogP contribution in [0.2, 0.25) is 0 Å². The second kappa shape index (κ2) is 6.43. The van der Waals surface area contributed by atoms with E-state index < -0.39 is 20.0 Å². The smallest absolute Gasteiger partial charge is 0.246 e. The maximum Gasteiger partial charge on any atom is 0.246 e. The first-order chi connectivity index (χ1) is 10.2. The Kier molecular flexibility index (Phi) is 4.98. The monoisotopic (exact) mass is 348 g/mol. The Labute approximate surface area is 131 Å². The first-order valence-corrected chi connectivity index (χ1v) is 10.2. The first-order valence-electron chi connectivity index (χ1n) is 6.90. The van der Waals surface area contributed by atoms with Gasteiger partial charge in [-0.25, -0.2) is 16.8 Å². The predicted molar refractivity (Wildman–Crippen MR) is 84.1 cm³/mol. The van der Waals surface area contributed by atoms with Crippen LogP contribution in [0.4, 0.5) is 5.69 Å². The van der Waals surface area contributed by atoms with Crippen molar-refractivity contribution in [3.05, 3.63) is 18.2 Å². The molecule has 0 radical (unpaired) electrons. The molecule has 0 atom stereocenters. The number of sulfonamides is 2. The van der Waals surface area contributed by atoms with Crippen LogP contribution < -0.4 is 9.46 Å². The van der Waals surface area contributed by atoms with E-state index in [2.05, 4.69) is 4.72 Å². The molecule has 0 bridgehead atoms. The van der Waals surface area contributed by atoms with Gasteiger partial charge in [-0.1, -0.05) is 6.42 Å². The van der Waals surface area contributed by atoms with Gasteiger partial charge in [0.2, 0.25) is 20.0 Å². The third-order valence-corrected chi connectivity index (χ3v) is 5.93. The minimum absolute atomic E-state index is 0.0226. The van der Waals surface area contributed by atoms with Crippen LogP contribution in [-0.2, 0) is 20.0 Å². The number of nitrogens with one attached hydrogen (secondary N) is 1. The molecule has 0 aliphatic carbocycles. The first kappa shape index (κ1) is 17.0. The molecule has 22 heavy (non-hydrogen) atoms. The fourth-order valence-corrected chi connectivity index (χ4v) is 4.65. The lowest BCUT2D eigenvalue weighted by Gasteiger charge is -2.26. The number of methoxy groups -OCH3 is 1. The molecule has 1 fully saturated rings. The maximum absolute atomic E-state index is 12.8. The third-order valence-electron chi connectivity index (χ3n) is 3.40. The Balaban J connectivity index is 2.44. The Morgan fingerprint density at radius 3 is 2.27 bits per heavy atom. The van der Waals surface area contributed by atoms with Crippen LogP contribution in [0.1, 0.15) is 19.3 Å². The van der Waals surface area contributed by atoms with Crippen molar-refractivity contribution >= 4 is 25.7 Å². The van der Waals surface area contributed by atoms with Crippen molar-refractivity contribution in [2.45, 2.75) is 24.2 Å². The van der Waals surface area contributed by atoms with Gasteiger partial charge in [0.25, 0.3) is 0 Å². The van der Waals surface area contributed by atoms with Gasteiger partial charge in [0.1, 0.15) is 10.6 Å². The molecule has 1 N–H and O–H groups in total. The Morgan fingerprint density at radius 2 is 1.73 bits per heavy atom. The summed E-state index contributed by atoms with van der Waals surface area (Å²) in [6.07, 6.45) is 3.67. The Bertz CT molecular complexity index is 738. The van der Waals surface area contributed by atoms with Gasteiger partial charge in [-0.15, -0.1) is 0 Å². The summed E-state index contributed by atoms with van der Waals surface area (Å²) < 4.78 is 57.0. The number of ether oxygens (including phenoxy) is 1. The number of anilines is 1. The highest BCUT2D eigenvalue weighted by molar-refractivity contribution is 7.92. The summed E-state index contributed by atoms with van der Waals surface area (Å²) in [5.41, 5.74) is 0.193. The average Bonchev–Trinajstić information content (AvgIpc) is 2.46. The molecule has 1 aromatic rings. The molecule has 0 amide bonds. The number of rotatable bonds is 5. The molecule has 0 unspecified atom stereocenters. The number of piperidine rings is 1. The summed E-state index contributed by atoms with van der Waals surface area (Å²) in [6.45, 7) is 0.935. The summed E-state index contributed by atoms with van der Waals surface area (Å²) in [5.74, 6) is 0.199. The Morgan fingerprint density at radius 1 is 1.09 bits per heavy atom. The fourth-order valence-electron chi connectivity index (χ4n) is 2.40. The SMILES string of the molecule is COc1ccc(NS(C)(=O)=O)cc1S(=O)(=O)N1CCCCC1. The van der Waals surface area contributed by atoms with E-state index in [1.165, 1.54) is 29.6 Å². The number of hydrogen-bond acceptors (Lipinski definition) is 5. The van der Waals surface area contributed by atoms with Gasteiger partial charge in [-0.05, 0) is 31.0 Å². The van der Waals surface area contributed by atoms with E-state index in [-0.39, 0.29) is 16.3 Å². The molecule has 9 heteroatoms. The topological polar surface area (TPSA) is 92.8 Å². The van der Waals surface area contributed by atoms with Gasteiger partial charge < -0.3 is 4.74 Å². The van der Waals surface area contributed by atoms with E-state index in [1.807, 2.05) is 0 Å². The summed E-state index contributed by atoms with van der Waals surface area (Å²) in [4.78, 5) is -0.0226. The van der Waals surface area contributed by atoms with Gasteiger partial charge >= 0.3 is 0 Å². The highest BCUT2D eigenvalue weighted by Crippen LogP contribution is 2.31. The standard InChI is InChI=1S/C13H20N2O5S2/c1-20-12-7-6-11(14-21(2,16)17)10-13(12)22(18,19)15-8-4-3-5-9-15/h6-7,10,14H,3-5,8-9H2,1-2H3. The zero-order valence-corrected chi connectivity index (χ0v) is 14.2. The highest BCUT2D eigenvalue weighted by atomic mass is 32.2. The quantitative estimate of drug-likeness (QED) is 0.864. The minimum Gasteiger partial charge on any atom is -0.495 e. The second-order valence-corrected chi connectivity index (χ2v) is 8.86. The molecule has 1 aliphatic heterocycles. The van der Waals surface area contributed by atoms with Crippen molar-refractivity contribution in [1.29, 1.82) is 0 Å². The molecule has 1 saturated heterocycles. The van der Waals surface area contributed by atoms with Gasteiger partial charge in [0.15, 0.2) is 0 Å². The third kappa shape index (κ3) is 3.90. The lowest BCUT2D eigenvalue weighted by molar-refractivity contribution is 0.343. The molecular weight excluding hydrogens is 328 g/mol. The van der Waals surface area contributed by atoms with Gasteiger partial charge in [-0.2, -0.15) is 4.31 Å². The average molecular weight is 348 g/mol.